The van der Waals surface area contributed by atoms with E-state index in [1.807, 2.05) is 36.1 Å². The lowest BCUT2D eigenvalue weighted by Gasteiger charge is -2.41. The van der Waals surface area contributed by atoms with Gasteiger partial charge in [0, 0.05) is 56.9 Å². The molecule has 1 N–H and O–H groups in total. The lowest BCUT2D eigenvalue weighted by molar-refractivity contribution is -0.148. The van der Waals surface area contributed by atoms with E-state index < -0.39 is 12.1 Å². The SMILES string of the molecule is Cc1cc(N2CCN(C(=O)C3CCCO3)C(C(=O)NCCc3ccc4c(c3)OCCO4)C2)nc(-n2ccnc2)n1. The fourth-order valence-electron chi connectivity index (χ4n) is 5.32. The number of nitrogens with one attached hydrogen (secondary N) is 1. The van der Waals surface area contributed by atoms with Crippen LogP contribution in [-0.4, -0.2) is 94.4 Å². The van der Waals surface area contributed by atoms with Gasteiger partial charge in [-0.25, -0.2) is 9.97 Å². The van der Waals surface area contributed by atoms with Crippen LogP contribution in [-0.2, 0) is 20.7 Å². The first-order valence-corrected chi connectivity index (χ1v) is 13.7. The molecule has 3 aliphatic rings. The molecule has 0 saturated carbocycles. The minimum atomic E-state index is -0.683. The molecule has 210 valence electrons. The number of amides is 2. The van der Waals surface area contributed by atoms with E-state index in [9.17, 15) is 9.59 Å². The maximum absolute atomic E-state index is 13.6. The molecule has 12 heteroatoms. The van der Waals surface area contributed by atoms with Gasteiger partial charge >= 0.3 is 0 Å². The molecule has 2 atom stereocenters. The highest BCUT2D eigenvalue weighted by Crippen LogP contribution is 2.31. The lowest BCUT2D eigenvalue weighted by Crippen LogP contribution is -2.62. The third-order valence-corrected chi connectivity index (χ3v) is 7.38. The first-order chi connectivity index (χ1) is 19.5. The highest BCUT2D eigenvalue weighted by Gasteiger charge is 2.39. The molecule has 6 rings (SSSR count). The quantitative estimate of drug-likeness (QED) is 0.466. The van der Waals surface area contributed by atoms with Crippen LogP contribution in [0.4, 0.5) is 5.82 Å². The normalized spacial score (nSPS) is 20.4. The molecule has 2 amide bonds. The highest BCUT2D eigenvalue weighted by atomic mass is 16.6. The van der Waals surface area contributed by atoms with E-state index in [0.29, 0.717) is 70.6 Å². The van der Waals surface area contributed by atoms with Gasteiger partial charge in [-0.3, -0.25) is 14.2 Å². The fourth-order valence-corrected chi connectivity index (χ4v) is 5.32. The maximum Gasteiger partial charge on any atom is 0.252 e. The van der Waals surface area contributed by atoms with Gasteiger partial charge in [0.1, 0.15) is 37.5 Å². The number of aryl methyl sites for hydroxylation is 1. The summed E-state index contributed by atoms with van der Waals surface area (Å²) >= 11 is 0. The molecule has 5 heterocycles. The number of hydrogen-bond acceptors (Lipinski definition) is 9. The van der Waals surface area contributed by atoms with Gasteiger partial charge in [-0.15, -0.1) is 0 Å². The predicted octanol–water partition coefficient (Wildman–Crippen LogP) is 1.30. The molecule has 0 aliphatic carbocycles. The van der Waals surface area contributed by atoms with Crippen LogP contribution >= 0.6 is 0 Å². The number of carbonyl (C=O) groups is 2. The van der Waals surface area contributed by atoms with Crippen LogP contribution in [0, 0.1) is 6.92 Å². The van der Waals surface area contributed by atoms with E-state index in [4.69, 9.17) is 19.2 Å². The summed E-state index contributed by atoms with van der Waals surface area (Å²) in [5.41, 5.74) is 1.83. The van der Waals surface area contributed by atoms with Crippen molar-refractivity contribution in [1.82, 2.24) is 29.7 Å². The van der Waals surface area contributed by atoms with E-state index in [0.717, 1.165) is 29.2 Å². The van der Waals surface area contributed by atoms with Gasteiger partial charge in [0.05, 0.1) is 0 Å². The topological polar surface area (TPSA) is 124 Å². The summed E-state index contributed by atoms with van der Waals surface area (Å²) in [5.74, 6) is 2.35. The molecular formula is C28H33N7O5. The van der Waals surface area contributed by atoms with Gasteiger partial charge in [-0.2, -0.15) is 4.98 Å². The Balaban J connectivity index is 1.17. The van der Waals surface area contributed by atoms with Gasteiger partial charge in [0.25, 0.3) is 5.91 Å². The predicted molar refractivity (Wildman–Crippen MR) is 145 cm³/mol. The minimum Gasteiger partial charge on any atom is -0.486 e. The number of carbonyl (C=O) groups excluding carboxylic acids is 2. The van der Waals surface area contributed by atoms with Gasteiger partial charge in [-0.05, 0) is 43.9 Å². The van der Waals surface area contributed by atoms with Crippen LogP contribution in [0.15, 0.2) is 43.0 Å². The van der Waals surface area contributed by atoms with Gasteiger partial charge in [0.15, 0.2) is 11.5 Å². The summed E-state index contributed by atoms with van der Waals surface area (Å²) in [6.07, 6.45) is 6.76. The van der Waals surface area contributed by atoms with Crippen molar-refractivity contribution in [3.63, 3.8) is 0 Å². The molecule has 0 spiro atoms. The number of aromatic nitrogens is 4. The number of nitrogens with zero attached hydrogens (tertiary/aromatic N) is 6. The molecule has 2 aromatic heterocycles. The van der Waals surface area contributed by atoms with Crippen molar-refractivity contribution < 1.29 is 23.8 Å². The number of piperazine rings is 1. The Morgan fingerprint density at radius 1 is 1.07 bits per heavy atom. The van der Waals surface area contributed by atoms with Crippen LogP contribution in [0.2, 0.25) is 0 Å². The molecule has 0 bridgehead atoms. The molecule has 2 unspecified atom stereocenters. The Bertz CT molecular complexity index is 1360. The first-order valence-electron chi connectivity index (χ1n) is 13.7. The average Bonchev–Trinajstić information content (AvgIpc) is 3.72. The Morgan fingerprint density at radius 2 is 1.95 bits per heavy atom. The molecule has 3 aromatic rings. The van der Waals surface area contributed by atoms with E-state index in [1.165, 1.54) is 0 Å². The largest absolute Gasteiger partial charge is 0.486 e. The molecule has 40 heavy (non-hydrogen) atoms. The summed E-state index contributed by atoms with van der Waals surface area (Å²) in [4.78, 5) is 44.0. The lowest BCUT2D eigenvalue weighted by atomic mass is 10.1. The van der Waals surface area contributed by atoms with Crippen molar-refractivity contribution in [3.05, 3.63) is 54.2 Å². The first kappa shape index (κ1) is 26.1. The van der Waals surface area contributed by atoms with Crippen LogP contribution in [0.5, 0.6) is 11.5 Å². The van der Waals surface area contributed by atoms with Crippen LogP contribution in [0.3, 0.4) is 0 Å². The standard InChI is InChI=1S/C28H33N7O5/c1-19-15-25(32-28(31-19)34-9-8-29-18-34)33-10-11-35(27(37)23-3-2-12-38-23)21(17-33)26(36)30-7-6-20-4-5-22-24(16-20)40-14-13-39-22/h4-5,8-9,15-16,18,21,23H,2-3,6-7,10-14,17H2,1H3,(H,30,36). The number of ether oxygens (including phenoxy) is 3. The van der Waals surface area contributed by atoms with Gasteiger partial charge < -0.3 is 29.3 Å². The highest BCUT2D eigenvalue weighted by molar-refractivity contribution is 5.90. The minimum absolute atomic E-state index is 0.123. The maximum atomic E-state index is 13.6. The molecule has 2 saturated heterocycles. The summed E-state index contributed by atoms with van der Waals surface area (Å²) in [7, 11) is 0. The Hall–Kier alpha value is -4.19. The van der Waals surface area contributed by atoms with Crippen molar-refractivity contribution in [2.24, 2.45) is 0 Å². The zero-order valence-corrected chi connectivity index (χ0v) is 22.5. The van der Waals surface area contributed by atoms with Gasteiger partial charge in [0.2, 0.25) is 11.9 Å². The third kappa shape index (κ3) is 5.57. The summed E-state index contributed by atoms with van der Waals surface area (Å²) in [6.45, 7) is 5.21. The Morgan fingerprint density at radius 3 is 2.75 bits per heavy atom. The molecule has 0 radical (unpaired) electrons. The number of anilines is 1. The van der Waals surface area contributed by atoms with Crippen LogP contribution in [0.1, 0.15) is 24.1 Å². The molecule has 2 fully saturated rings. The number of hydrogen-bond donors (Lipinski definition) is 1. The second kappa shape index (κ2) is 11.5. The van der Waals surface area contributed by atoms with E-state index in [2.05, 4.69) is 15.3 Å². The summed E-state index contributed by atoms with van der Waals surface area (Å²) in [5, 5.41) is 3.06. The zero-order valence-electron chi connectivity index (χ0n) is 22.5. The Labute approximate surface area is 232 Å². The molecule has 12 nitrogen and oxygen atoms in total. The van der Waals surface area contributed by atoms with E-state index >= 15 is 0 Å². The Kier molecular flexibility index (Phi) is 7.49. The third-order valence-electron chi connectivity index (χ3n) is 7.38. The monoisotopic (exact) mass is 547 g/mol. The van der Waals surface area contributed by atoms with Crippen LogP contribution < -0.4 is 19.7 Å². The molecular weight excluding hydrogens is 514 g/mol. The fraction of sp³-hybridized carbons (Fsp3) is 0.464. The van der Waals surface area contributed by atoms with Crippen LogP contribution in [0.25, 0.3) is 5.95 Å². The number of rotatable bonds is 7. The second-order valence-electron chi connectivity index (χ2n) is 10.2. The van der Waals surface area contributed by atoms with Crippen molar-refractivity contribution >= 4 is 17.6 Å². The number of fused-ring (bicyclic) bond motifs is 1. The number of imidazole rings is 1. The van der Waals surface area contributed by atoms with Gasteiger partial charge in [-0.1, -0.05) is 6.07 Å². The van der Waals surface area contributed by atoms with Crippen molar-refractivity contribution in [3.8, 4) is 17.4 Å². The van der Waals surface area contributed by atoms with Crippen molar-refractivity contribution in [2.75, 3.05) is 50.9 Å². The summed E-state index contributed by atoms with van der Waals surface area (Å²) < 4.78 is 18.7. The molecule has 3 aliphatic heterocycles. The summed E-state index contributed by atoms with van der Waals surface area (Å²) in [6, 6.07) is 7.04. The van der Waals surface area contributed by atoms with Crippen molar-refractivity contribution in [2.45, 2.75) is 38.3 Å². The zero-order chi connectivity index (χ0) is 27.5. The number of benzene rings is 1. The smallest absolute Gasteiger partial charge is 0.252 e. The van der Waals surface area contributed by atoms with E-state index in [-0.39, 0.29) is 11.8 Å². The molecule has 1 aromatic carbocycles. The second-order valence-corrected chi connectivity index (χ2v) is 10.2. The average molecular weight is 548 g/mol. The van der Waals surface area contributed by atoms with Crippen molar-refractivity contribution in [1.29, 1.82) is 0 Å². The van der Waals surface area contributed by atoms with E-state index in [1.54, 1.807) is 28.2 Å².